The van der Waals surface area contributed by atoms with Crippen molar-refractivity contribution in [1.29, 1.82) is 0 Å². The molecule has 7 nitrogen and oxygen atoms in total. The van der Waals surface area contributed by atoms with Crippen molar-refractivity contribution in [2.75, 3.05) is 20.8 Å². The standard InChI is InChI=1S/C21H23N3O4/c1-27-18-9-8-15(11-19(18)28-2)20-17(12-22-24-20)21(26)23-16(13-25)10-14-6-4-3-5-7-14/h3-9,11-12,16,25H,10,13H2,1-2H3,(H,22,24)(H,23,26)/t16-/m0/s1. The number of nitrogens with one attached hydrogen (secondary N) is 2. The molecule has 0 fully saturated rings. The second kappa shape index (κ2) is 9.05. The Morgan fingerprint density at radius 2 is 1.89 bits per heavy atom. The lowest BCUT2D eigenvalue weighted by atomic mass is 10.0. The zero-order valence-corrected chi connectivity index (χ0v) is 15.8. The van der Waals surface area contributed by atoms with Crippen LogP contribution in [-0.2, 0) is 6.42 Å². The summed E-state index contributed by atoms with van der Waals surface area (Å²) in [7, 11) is 3.12. The van der Waals surface area contributed by atoms with Gasteiger partial charge in [-0.05, 0) is 30.2 Å². The first-order chi connectivity index (χ1) is 13.7. The number of carbonyl (C=O) groups excluding carboxylic acids is 1. The number of benzene rings is 2. The second-order valence-corrected chi connectivity index (χ2v) is 6.27. The van der Waals surface area contributed by atoms with Crippen LogP contribution in [0, 0.1) is 0 Å². The summed E-state index contributed by atoms with van der Waals surface area (Å²) in [4.78, 5) is 12.8. The molecule has 0 radical (unpaired) electrons. The minimum atomic E-state index is -0.400. The van der Waals surface area contributed by atoms with E-state index < -0.39 is 6.04 Å². The van der Waals surface area contributed by atoms with Crippen LogP contribution in [0.3, 0.4) is 0 Å². The summed E-state index contributed by atoms with van der Waals surface area (Å²) in [5, 5.41) is 19.4. The molecular weight excluding hydrogens is 358 g/mol. The molecule has 3 rings (SSSR count). The van der Waals surface area contributed by atoms with Crippen molar-refractivity contribution in [2.24, 2.45) is 0 Å². The quantitative estimate of drug-likeness (QED) is 0.557. The van der Waals surface area contributed by atoms with E-state index in [2.05, 4.69) is 15.5 Å². The van der Waals surface area contributed by atoms with E-state index in [0.29, 0.717) is 29.2 Å². The fraction of sp³-hybridized carbons (Fsp3) is 0.238. The molecule has 0 unspecified atom stereocenters. The summed E-state index contributed by atoms with van der Waals surface area (Å²) in [5.41, 5.74) is 2.73. The predicted octanol–water partition coefficient (Wildman–Crippen LogP) is 2.43. The van der Waals surface area contributed by atoms with E-state index in [1.807, 2.05) is 36.4 Å². The Morgan fingerprint density at radius 3 is 2.57 bits per heavy atom. The number of aromatic nitrogens is 2. The van der Waals surface area contributed by atoms with E-state index in [0.717, 1.165) is 11.1 Å². The Kier molecular flexibility index (Phi) is 6.29. The minimum absolute atomic E-state index is 0.163. The summed E-state index contributed by atoms with van der Waals surface area (Å²) in [5.74, 6) is 0.840. The summed E-state index contributed by atoms with van der Waals surface area (Å²) < 4.78 is 10.6. The van der Waals surface area contributed by atoms with Gasteiger partial charge >= 0.3 is 0 Å². The van der Waals surface area contributed by atoms with E-state index >= 15 is 0 Å². The maximum atomic E-state index is 12.8. The third-order valence-electron chi connectivity index (χ3n) is 4.44. The number of aliphatic hydroxyl groups excluding tert-OH is 1. The molecule has 0 saturated carbocycles. The number of H-pyrrole nitrogens is 1. The number of amides is 1. The van der Waals surface area contributed by atoms with Crippen LogP contribution in [0.15, 0.2) is 54.7 Å². The molecule has 28 heavy (non-hydrogen) atoms. The van der Waals surface area contributed by atoms with Crippen molar-refractivity contribution in [2.45, 2.75) is 12.5 Å². The van der Waals surface area contributed by atoms with E-state index in [1.165, 1.54) is 6.20 Å². The highest BCUT2D eigenvalue weighted by Gasteiger charge is 2.20. The molecule has 0 bridgehead atoms. The number of hydrogen-bond acceptors (Lipinski definition) is 5. The van der Waals surface area contributed by atoms with Crippen molar-refractivity contribution in [3.8, 4) is 22.8 Å². The van der Waals surface area contributed by atoms with E-state index in [1.54, 1.807) is 26.4 Å². The Morgan fingerprint density at radius 1 is 1.14 bits per heavy atom. The molecule has 0 saturated heterocycles. The van der Waals surface area contributed by atoms with Crippen LogP contribution in [0.2, 0.25) is 0 Å². The predicted molar refractivity (Wildman–Crippen MR) is 106 cm³/mol. The number of aliphatic hydroxyl groups is 1. The van der Waals surface area contributed by atoms with Crippen molar-refractivity contribution >= 4 is 5.91 Å². The molecule has 1 atom stereocenters. The topological polar surface area (TPSA) is 96.5 Å². The lowest BCUT2D eigenvalue weighted by molar-refractivity contribution is 0.0917. The van der Waals surface area contributed by atoms with Gasteiger partial charge in [0.05, 0.1) is 44.3 Å². The Balaban J connectivity index is 1.79. The van der Waals surface area contributed by atoms with Gasteiger partial charge in [0.2, 0.25) is 0 Å². The van der Waals surface area contributed by atoms with Crippen LogP contribution in [0.5, 0.6) is 11.5 Å². The largest absolute Gasteiger partial charge is 0.493 e. The van der Waals surface area contributed by atoms with E-state index in [9.17, 15) is 9.90 Å². The molecule has 0 aliphatic rings. The molecule has 2 aromatic carbocycles. The SMILES string of the molecule is COc1ccc(-c2[nH]ncc2C(=O)N[C@H](CO)Cc2ccccc2)cc1OC. The molecule has 0 aliphatic carbocycles. The average Bonchev–Trinajstić information content (AvgIpc) is 3.23. The van der Waals surface area contributed by atoms with Gasteiger partial charge in [-0.25, -0.2) is 0 Å². The first-order valence-corrected chi connectivity index (χ1v) is 8.87. The molecule has 3 aromatic rings. The Bertz CT molecular complexity index is 924. The minimum Gasteiger partial charge on any atom is -0.493 e. The van der Waals surface area contributed by atoms with Gasteiger partial charge in [0.1, 0.15) is 0 Å². The van der Waals surface area contributed by atoms with Gasteiger partial charge in [-0.1, -0.05) is 30.3 Å². The maximum absolute atomic E-state index is 12.8. The lowest BCUT2D eigenvalue weighted by Crippen LogP contribution is -2.39. The Hall–Kier alpha value is -3.32. The monoisotopic (exact) mass is 381 g/mol. The van der Waals surface area contributed by atoms with Gasteiger partial charge in [0, 0.05) is 5.56 Å². The smallest absolute Gasteiger partial charge is 0.255 e. The highest BCUT2D eigenvalue weighted by molar-refractivity contribution is 6.00. The molecule has 146 valence electrons. The van der Waals surface area contributed by atoms with Crippen LogP contribution in [0.4, 0.5) is 0 Å². The molecule has 1 aromatic heterocycles. The number of rotatable bonds is 8. The van der Waals surface area contributed by atoms with Gasteiger partial charge in [-0.3, -0.25) is 9.89 Å². The van der Waals surface area contributed by atoms with Crippen LogP contribution in [-0.4, -0.2) is 48.1 Å². The second-order valence-electron chi connectivity index (χ2n) is 6.27. The third kappa shape index (κ3) is 4.32. The van der Waals surface area contributed by atoms with Crippen LogP contribution in [0.1, 0.15) is 15.9 Å². The Labute approximate surface area is 163 Å². The highest BCUT2D eigenvalue weighted by atomic mass is 16.5. The van der Waals surface area contributed by atoms with E-state index in [4.69, 9.17) is 9.47 Å². The van der Waals surface area contributed by atoms with Crippen molar-refractivity contribution in [1.82, 2.24) is 15.5 Å². The highest BCUT2D eigenvalue weighted by Crippen LogP contribution is 2.32. The molecule has 7 heteroatoms. The number of methoxy groups -OCH3 is 2. The molecule has 0 spiro atoms. The lowest BCUT2D eigenvalue weighted by Gasteiger charge is -2.16. The van der Waals surface area contributed by atoms with E-state index in [-0.39, 0.29) is 12.5 Å². The normalized spacial score (nSPS) is 11.7. The number of ether oxygens (including phenoxy) is 2. The van der Waals surface area contributed by atoms with Gasteiger partial charge < -0.3 is 19.9 Å². The first kappa shape index (κ1) is 19.4. The fourth-order valence-electron chi connectivity index (χ4n) is 2.99. The molecular formula is C21H23N3O4. The average molecular weight is 381 g/mol. The molecule has 3 N–H and O–H groups in total. The summed E-state index contributed by atoms with van der Waals surface area (Å²) in [6, 6.07) is 14.7. The number of nitrogens with zero attached hydrogens (tertiary/aromatic N) is 1. The van der Waals surface area contributed by atoms with Crippen molar-refractivity contribution < 1.29 is 19.4 Å². The third-order valence-corrected chi connectivity index (χ3v) is 4.44. The maximum Gasteiger partial charge on any atom is 0.255 e. The fourth-order valence-corrected chi connectivity index (χ4v) is 2.99. The van der Waals surface area contributed by atoms with Gasteiger partial charge in [-0.2, -0.15) is 5.10 Å². The summed E-state index contributed by atoms with van der Waals surface area (Å²) >= 11 is 0. The summed E-state index contributed by atoms with van der Waals surface area (Å²) in [6.07, 6.45) is 2.00. The molecule has 1 amide bonds. The van der Waals surface area contributed by atoms with Gasteiger partial charge in [0.25, 0.3) is 5.91 Å². The van der Waals surface area contributed by atoms with Crippen LogP contribution < -0.4 is 14.8 Å². The zero-order chi connectivity index (χ0) is 19.9. The zero-order valence-electron chi connectivity index (χ0n) is 15.8. The van der Waals surface area contributed by atoms with Crippen LogP contribution >= 0.6 is 0 Å². The number of hydrogen-bond donors (Lipinski definition) is 3. The van der Waals surface area contributed by atoms with Gasteiger partial charge in [-0.15, -0.1) is 0 Å². The molecule has 1 heterocycles. The van der Waals surface area contributed by atoms with Gasteiger partial charge in [0.15, 0.2) is 11.5 Å². The molecule has 0 aliphatic heterocycles. The van der Waals surface area contributed by atoms with Crippen molar-refractivity contribution in [3.63, 3.8) is 0 Å². The number of aromatic amines is 1. The van der Waals surface area contributed by atoms with Crippen molar-refractivity contribution in [3.05, 3.63) is 65.9 Å². The van der Waals surface area contributed by atoms with Crippen LogP contribution in [0.25, 0.3) is 11.3 Å². The number of carbonyl (C=O) groups is 1. The first-order valence-electron chi connectivity index (χ1n) is 8.87. The summed E-state index contributed by atoms with van der Waals surface area (Å²) in [6.45, 7) is -0.163.